The third kappa shape index (κ3) is 6.11. The van der Waals surface area contributed by atoms with E-state index in [2.05, 4.69) is 25.5 Å². The number of anilines is 1. The molecule has 164 valence electrons. The van der Waals surface area contributed by atoms with E-state index in [9.17, 15) is 4.79 Å². The third-order valence-corrected chi connectivity index (χ3v) is 5.38. The lowest BCUT2D eigenvalue weighted by molar-refractivity contribution is 0.350. The van der Waals surface area contributed by atoms with E-state index in [0.29, 0.717) is 41.9 Å². The van der Waals surface area contributed by atoms with Gasteiger partial charge < -0.3 is 19.5 Å². The Labute approximate surface area is 184 Å². The summed E-state index contributed by atoms with van der Waals surface area (Å²) in [4.78, 5) is 20.7. The Balaban J connectivity index is 1.49. The summed E-state index contributed by atoms with van der Waals surface area (Å²) >= 11 is 1.67. The minimum Gasteiger partial charge on any atom is -0.497 e. The summed E-state index contributed by atoms with van der Waals surface area (Å²) in [6.07, 6.45) is 2.08. The molecule has 0 aliphatic carbocycles. The van der Waals surface area contributed by atoms with Gasteiger partial charge in [0.2, 0.25) is 5.95 Å². The highest BCUT2D eigenvalue weighted by Gasteiger charge is 2.11. The van der Waals surface area contributed by atoms with Crippen LogP contribution in [0.3, 0.4) is 0 Å². The topological polar surface area (TPSA) is 111 Å². The molecule has 0 radical (unpaired) electrons. The van der Waals surface area contributed by atoms with Gasteiger partial charge >= 0.3 is 0 Å². The summed E-state index contributed by atoms with van der Waals surface area (Å²) in [6, 6.07) is 9.28. The molecule has 0 unspecified atom stereocenters. The molecule has 2 N–H and O–H groups in total. The van der Waals surface area contributed by atoms with Gasteiger partial charge in [0.25, 0.3) is 5.56 Å². The molecule has 0 saturated carbocycles. The first-order valence-corrected chi connectivity index (χ1v) is 10.8. The number of hydrogen-bond donors (Lipinski definition) is 2. The highest BCUT2D eigenvalue weighted by Crippen LogP contribution is 2.31. The van der Waals surface area contributed by atoms with Crippen LogP contribution in [0.25, 0.3) is 0 Å². The molecule has 0 fully saturated rings. The van der Waals surface area contributed by atoms with Gasteiger partial charge in [-0.3, -0.25) is 9.78 Å². The van der Waals surface area contributed by atoms with Crippen LogP contribution in [0.1, 0.15) is 17.0 Å². The van der Waals surface area contributed by atoms with E-state index in [1.807, 2.05) is 24.3 Å². The van der Waals surface area contributed by atoms with Gasteiger partial charge in [0.05, 0.1) is 27.0 Å². The number of ether oxygens (including phenoxy) is 3. The van der Waals surface area contributed by atoms with Crippen LogP contribution in [0, 0.1) is 0 Å². The molecule has 0 atom stereocenters. The summed E-state index contributed by atoms with van der Waals surface area (Å²) < 4.78 is 15.9. The van der Waals surface area contributed by atoms with Gasteiger partial charge in [-0.15, -0.1) is 0 Å². The number of methoxy groups -OCH3 is 3. The van der Waals surface area contributed by atoms with Crippen molar-refractivity contribution in [3.63, 3.8) is 0 Å². The Hall–Kier alpha value is -3.27. The van der Waals surface area contributed by atoms with E-state index in [0.717, 1.165) is 22.8 Å². The van der Waals surface area contributed by atoms with Crippen molar-refractivity contribution in [2.75, 3.05) is 38.9 Å². The van der Waals surface area contributed by atoms with E-state index in [1.165, 1.54) is 0 Å². The lowest BCUT2D eigenvalue weighted by atomic mass is 10.1. The SMILES string of the molecule is COc1cccc(Cc2n[nH]c(NCCSCc3nccc(OC)c3OC)nc2=O)c1. The number of nitrogens with zero attached hydrogens (tertiary/aromatic N) is 3. The number of hydrogen-bond acceptors (Lipinski definition) is 9. The number of benzene rings is 1. The van der Waals surface area contributed by atoms with Crippen LogP contribution in [-0.2, 0) is 12.2 Å². The molecule has 0 spiro atoms. The molecule has 0 saturated heterocycles. The van der Waals surface area contributed by atoms with Crippen LogP contribution >= 0.6 is 11.8 Å². The van der Waals surface area contributed by atoms with Crippen LogP contribution in [0.4, 0.5) is 5.95 Å². The Morgan fingerprint density at radius 3 is 2.71 bits per heavy atom. The Kier molecular flexibility index (Phi) is 8.11. The quantitative estimate of drug-likeness (QED) is 0.432. The summed E-state index contributed by atoms with van der Waals surface area (Å²) in [5.74, 6) is 3.83. The lowest BCUT2D eigenvalue weighted by Crippen LogP contribution is -2.20. The van der Waals surface area contributed by atoms with E-state index in [-0.39, 0.29) is 5.56 Å². The molecule has 2 aromatic heterocycles. The van der Waals surface area contributed by atoms with Crippen LogP contribution < -0.4 is 25.1 Å². The second-order valence-electron chi connectivity index (χ2n) is 6.44. The molecule has 1 aromatic carbocycles. The Bertz CT molecular complexity index is 1060. The van der Waals surface area contributed by atoms with Crippen molar-refractivity contribution in [1.29, 1.82) is 0 Å². The fourth-order valence-corrected chi connectivity index (χ4v) is 3.68. The molecule has 0 bridgehead atoms. The highest BCUT2D eigenvalue weighted by molar-refractivity contribution is 7.98. The largest absolute Gasteiger partial charge is 0.497 e. The maximum atomic E-state index is 12.3. The number of aromatic amines is 1. The lowest BCUT2D eigenvalue weighted by Gasteiger charge is -2.11. The van der Waals surface area contributed by atoms with Crippen LogP contribution in [0.15, 0.2) is 41.3 Å². The minimum atomic E-state index is -0.359. The number of thioether (sulfide) groups is 1. The molecule has 3 rings (SSSR count). The van der Waals surface area contributed by atoms with E-state index in [1.54, 1.807) is 45.4 Å². The summed E-state index contributed by atoms with van der Waals surface area (Å²) in [7, 11) is 4.80. The molecule has 9 nitrogen and oxygen atoms in total. The molecule has 0 aliphatic rings. The first-order valence-electron chi connectivity index (χ1n) is 9.60. The zero-order chi connectivity index (χ0) is 22.1. The van der Waals surface area contributed by atoms with Crippen molar-refractivity contribution in [2.24, 2.45) is 0 Å². The second kappa shape index (κ2) is 11.2. The molecular formula is C21H25N5O4S. The molecule has 0 aliphatic heterocycles. The fourth-order valence-electron chi connectivity index (χ4n) is 2.89. The van der Waals surface area contributed by atoms with Crippen molar-refractivity contribution < 1.29 is 14.2 Å². The minimum absolute atomic E-state index is 0.345. The fraction of sp³-hybridized carbons (Fsp3) is 0.333. The average Bonchev–Trinajstić information content (AvgIpc) is 2.80. The maximum Gasteiger partial charge on any atom is 0.296 e. The Morgan fingerprint density at radius 1 is 1.10 bits per heavy atom. The highest BCUT2D eigenvalue weighted by atomic mass is 32.2. The molecule has 3 aromatic rings. The van der Waals surface area contributed by atoms with Crippen LogP contribution in [-0.4, -0.2) is 53.8 Å². The van der Waals surface area contributed by atoms with Crippen molar-refractivity contribution in [2.45, 2.75) is 12.2 Å². The Morgan fingerprint density at radius 2 is 1.97 bits per heavy atom. The zero-order valence-electron chi connectivity index (χ0n) is 17.7. The van der Waals surface area contributed by atoms with E-state index in [4.69, 9.17) is 14.2 Å². The predicted molar refractivity (Wildman–Crippen MR) is 120 cm³/mol. The number of H-pyrrole nitrogens is 1. The second-order valence-corrected chi connectivity index (χ2v) is 7.54. The summed E-state index contributed by atoms with van der Waals surface area (Å²) in [5.41, 5.74) is 1.74. The molecule has 31 heavy (non-hydrogen) atoms. The number of nitrogens with one attached hydrogen (secondary N) is 2. The molecule has 2 heterocycles. The van der Waals surface area contributed by atoms with Crippen molar-refractivity contribution >= 4 is 17.7 Å². The number of rotatable bonds is 11. The van der Waals surface area contributed by atoms with Gasteiger partial charge in [-0.2, -0.15) is 21.8 Å². The van der Waals surface area contributed by atoms with Crippen LogP contribution in [0.2, 0.25) is 0 Å². The molecule has 0 amide bonds. The van der Waals surface area contributed by atoms with Gasteiger partial charge in [0.1, 0.15) is 11.4 Å². The smallest absolute Gasteiger partial charge is 0.296 e. The van der Waals surface area contributed by atoms with Gasteiger partial charge in [-0.1, -0.05) is 12.1 Å². The molecule has 10 heteroatoms. The first-order chi connectivity index (χ1) is 15.1. The van der Waals surface area contributed by atoms with Gasteiger partial charge in [-0.25, -0.2) is 5.10 Å². The molecular weight excluding hydrogens is 418 g/mol. The van der Waals surface area contributed by atoms with Crippen molar-refractivity contribution in [3.8, 4) is 17.2 Å². The van der Waals surface area contributed by atoms with Gasteiger partial charge in [0, 0.05) is 36.7 Å². The van der Waals surface area contributed by atoms with E-state index < -0.39 is 0 Å². The average molecular weight is 444 g/mol. The third-order valence-electron chi connectivity index (χ3n) is 4.41. The van der Waals surface area contributed by atoms with Crippen molar-refractivity contribution in [1.82, 2.24) is 20.2 Å². The predicted octanol–water partition coefficient (Wildman–Crippen LogP) is 2.52. The standard InChI is InChI=1S/C21H25N5O4S/c1-28-15-6-4-5-14(11-15)12-16-20(27)24-21(26-25-16)23-9-10-31-13-17-19(30-3)18(29-2)7-8-22-17/h4-8,11H,9-10,12-13H2,1-3H3,(H2,23,24,26,27). The van der Waals surface area contributed by atoms with Crippen molar-refractivity contribution in [3.05, 3.63) is 63.8 Å². The monoisotopic (exact) mass is 443 g/mol. The van der Waals surface area contributed by atoms with Crippen LogP contribution in [0.5, 0.6) is 17.2 Å². The van der Waals surface area contributed by atoms with Gasteiger partial charge in [-0.05, 0) is 17.7 Å². The first kappa shape index (κ1) is 22.4. The summed E-state index contributed by atoms with van der Waals surface area (Å²) in [5, 5.41) is 10.1. The number of pyridine rings is 1. The van der Waals surface area contributed by atoms with E-state index >= 15 is 0 Å². The summed E-state index contributed by atoms with van der Waals surface area (Å²) in [6.45, 7) is 0.608. The normalized spacial score (nSPS) is 10.5. The zero-order valence-corrected chi connectivity index (χ0v) is 18.5. The van der Waals surface area contributed by atoms with Gasteiger partial charge in [0.15, 0.2) is 11.5 Å². The number of aromatic nitrogens is 4. The maximum absolute atomic E-state index is 12.3.